The number of unbranched alkanes of at least 4 members (excludes halogenated alkanes) is 17. The molecule has 0 amide bonds. The van der Waals surface area contributed by atoms with E-state index in [1.807, 2.05) is 0 Å². The van der Waals surface area contributed by atoms with E-state index in [1.54, 1.807) is 0 Å². The van der Waals surface area contributed by atoms with E-state index in [2.05, 4.69) is 13.8 Å². The van der Waals surface area contributed by atoms with Gasteiger partial charge in [0, 0.05) is 6.42 Å². The van der Waals surface area contributed by atoms with Crippen molar-refractivity contribution in [2.45, 2.75) is 142 Å². The van der Waals surface area contributed by atoms with Crippen molar-refractivity contribution < 1.29 is 40.5 Å². The van der Waals surface area contributed by atoms with Crippen LogP contribution in [0.5, 0.6) is 0 Å². The molecular weight excluding hydrogens is 343 g/mol. The van der Waals surface area contributed by atoms with Crippen LogP contribution in [0.4, 0.5) is 0 Å². The molecule has 27 heavy (non-hydrogen) atoms. The fraction of sp³-hybridized carbons (Fsp3) is 0.958. The first-order valence-corrected chi connectivity index (χ1v) is 12.0. The Hall–Kier alpha value is 0.470. The molecule has 0 radical (unpaired) electrons. The van der Waals surface area contributed by atoms with Gasteiger partial charge in [-0.05, 0) is 12.8 Å². The Balaban J connectivity index is -0.00000312. The Morgan fingerprint density at radius 2 is 0.889 bits per heavy atom. The molecule has 0 saturated carbocycles. The molecule has 0 atom stereocenters. The van der Waals surface area contributed by atoms with E-state index < -0.39 is 0 Å². The minimum atomic E-state index is 0. The molecule has 3 heteroatoms. The number of carbonyl (C=O) groups is 1. The molecule has 2 nitrogen and oxygen atoms in total. The third-order valence-electron chi connectivity index (χ3n) is 5.25. The van der Waals surface area contributed by atoms with Gasteiger partial charge in [-0.15, -0.1) is 0 Å². The number of carbonyl (C=O) groups excluding carboxylic acids is 1. The second-order valence-electron chi connectivity index (χ2n) is 7.98. The molecule has 0 fully saturated rings. The normalized spacial score (nSPS) is 10.6. The minimum Gasteiger partial charge on any atom is -1.00 e. The van der Waals surface area contributed by atoms with Crippen LogP contribution in [0, 0.1) is 0 Å². The third-order valence-corrected chi connectivity index (χ3v) is 5.25. The van der Waals surface area contributed by atoms with E-state index in [4.69, 9.17) is 4.74 Å². The van der Waals surface area contributed by atoms with Gasteiger partial charge >= 0.3 is 35.5 Å². The molecular formula is C24H49NaO2. The summed E-state index contributed by atoms with van der Waals surface area (Å²) in [5, 5.41) is 0. The molecule has 0 N–H and O–H groups in total. The molecule has 0 aromatic rings. The first-order chi connectivity index (χ1) is 12.8. The SMILES string of the molecule is CCCCCCCCCCCCOC(=O)CCCCCCCCCCC.[H-].[Na+]. The van der Waals surface area contributed by atoms with Gasteiger partial charge in [0.05, 0.1) is 6.61 Å². The Kier molecular flexibility index (Phi) is 29.1. The van der Waals surface area contributed by atoms with Crippen molar-refractivity contribution in [2.24, 2.45) is 0 Å². The smallest absolute Gasteiger partial charge is 1.00 e. The molecule has 0 aliphatic carbocycles. The van der Waals surface area contributed by atoms with Gasteiger partial charge in [0.15, 0.2) is 0 Å². The fourth-order valence-electron chi connectivity index (χ4n) is 3.43. The fourth-order valence-corrected chi connectivity index (χ4v) is 3.43. The van der Waals surface area contributed by atoms with Crippen LogP contribution in [0.1, 0.15) is 144 Å². The van der Waals surface area contributed by atoms with E-state index >= 15 is 0 Å². The van der Waals surface area contributed by atoms with Gasteiger partial charge in [0.2, 0.25) is 0 Å². The zero-order chi connectivity index (χ0) is 19.1. The number of ether oxygens (including phenoxy) is 1. The Bertz CT molecular complexity index is 288. The van der Waals surface area contributed by atoms with Crippen LogP contribution in [0.3, 0.4) is 0 Å². The average Bonchev–Trinajstić information content (AvgIpc) is 2.64. The van der Waals surface area contributed by atoms with Gasteiger partial charge in [0.1, 0.15) is 0 Å². The zero-order valence-corrected chi connectivity index (χ0v) is 21.2. The maximum atomic E-state index is 11.7. The summed E-state index contributed by atoms with van der Waals surface area (Å²) in [4.78, 5) is 11.7. The third kappa shape index (κ3) is 26.5. The second kappa shape index (κ2) is 26.5. The quantitative estimate of drug-likeness (QED) is 0.147. The summed E-state index contributed by atoms with van der Waals surface area (Å²) < 4.78 is 5.35. The van der Waals surface area contributed by atoms with Gasteiger partial charge in [-0.1, -0.05) is 123 Å². The van der Waals surface area contributed by atoms with Gasteiger partial charge in [-0.3, -0.25) is 4.79 Å². The summed E-state index contributed by atoms with van der Waals surface area (Å²) >= 11 is 0. The predicted molar refractivity (Wildman–Crippen MR) is 116 cm³/mol. The van der Waals surface area contributed by atoms with Crippen molar-refractivity contribution in [3.8, 4) is 0 Å². The molecule has 0 unspecified atom stereocenters. The predicted octanol–water partition coefficient (Wildman–Crippen LogP) is 5.49. The van der Waals surface area contributed by atoms with Crippen molar-refractivity contribution in [3.63, 3.8) is 0 Å². The van der Waals surface area contributed by atoms with Crippen molar-refractivity contribution in [2.75, 3.05) is 6.61 Å². The molecule has 0 aromatic heterocycles. The maximum absolute atomic E-state index is 11.7. The van der Waals surface area contributed by atoms with Crippen LogP contribution >= 0.6 is 0 Å². The monoisotopic (exact) mass is 392 g/mol. The number of rotatable bonds is 21. The molecule has 0 saturated heterocycles. The molecule has 0 bridgehead atoms. The van der Waals surface area contributed by atoms with Gasteiger partial charge in [-0.25, -0.2) is 0 Å². The van der Waals surface area contributed by atoms with Crippen molar-refractivity contribution >= 4 is 5.97 Å². The Labute approximate surface area is 194 Å². The summed E-state index contributed by atoms with van der Waals surface area (Å²) in [5.74, 6) is 0.0175. The first kappa shape index (κ1) is 29.7. The van der Waals surface area contributed by atoms with Gasteiger partial charge in [-0.2, -0.15) is 0 Å². The molecule has 0 rings (SSSR count). The number of hydrogen-bond donors (Lipinski definition) is 0. The van der Waals surface area contributed by atoms with Crippen LogP contribution in [-0.2, 0) is 9.53 Å². The summed E-state index contributed by atoms with van der Waals surface area (Å²) in [6, 6.07) is 0. The van der Waals surface area contributed by atoms with E-state index in [-0.39, 0.29) is 37.0 Å². The topological polar surface area (TPSA) is 26.3 Å². The van der Waals surface area contributed by atoms with Crippen LogP contribution in [0.2, 0.25) is 0 Å². The molecule has 0 heterocycles. The number of esters is 1. The summed E-state index contributed by atoms with van der Waals surface area (Å²) in [5.41, 5.74) is 0. The summed E-state index contributed by atoms with van der Waals surface area (Å²) in [6.07, 6.45) is 25.5. The molecule has 0 spiro atoms. The zero-order valence-electron chi connectivity index (χ0n) is 20.2. The van der Waals surface area contributed by atoms with E-state index in [1.165, 1.54) is 109 Å². The van der Waals surface area contributed by atoms with E-state index in [0.29, 0.717) is 13.0 Å². The summed E-state index contributed by atoms with van der Waals surface area (Å²) in [7, 11) is 0. The standard InChI is InChI=1S/C24H48O2.Na.H/c1-3-5-7-9-11-13-15-17-19-21-23-26-24(25)22-20-18-16-14-12-10-8-6-4-2;;/h3-23H2,1-2H3;;/q;+1;-1. The minimum absolute atomic E-state index is 0. The van der Waals surface area contributed by atoms with Crippen molar-refractivity contribution in [1.82, 2.24) is 0 Å². The van der Waals surface area contributed by atoms with E-state index in [0.717, 1.165) is 12.8 Å². The second-order valence-corrected chi connectivity index (χ2v) is 7.98. The Morgan fingerprint density at radius 3 is 1.30 bits per heavy atom. The van der Waals surface area contributed by atoms with Gasteiger partial charge < -0.3 is 6.16 Å². The van der Waals surface area contributed by atoms with Crippen LogP contribution in [0.25, 0.3) is 0 Å². The molecule has 0 aliphatic rings. The van der Waals surface area contributed by atoms with Gasteiger partial charge in [0.25, 0.3) is 0 Å². The van der Waals surface area contributed by atoms with Crippen molar-refractivity contribution in [1.29, 1.82) is 0 Å². The summed E-state index contributed by atoms with van der Waals surface area (Å²) in [6.45, 7) is 5.16. The molecule has 0 aromatic carbocycles. The van der Waals surface area contributed by atoms with Crippen LogP contribution in [-0.4, -0.2) is 12.6 Å². The number of hydrogen-bond acceptors (Lipinski definition) is 2. The average molecular weight is 393 g/mol. The van der Waals surface area contributed by atoms with E-state index in [9.17, 15) is 4.79 Å². The Morgan fingerprint density at radius 1 is 0.556 bits per heavy atom. The largest absolute Gasteiger partial charge is 1.00 e. The maximum Gasteiger partial charge on any atom is 1.00 e. The van der Waals surface area contributed by atoms with Crippen molar-refractivity contribution in [3.05, 3.63) is 0 Å². The first-order valence-electron chi connectivity index (χ1n) is 12.0. The van der Waals surface area contributed by atoms with Crippen LogP contribution < -0.4 is 29.6 Å². The van der Waals surface area contributed by atoms with Crippen LogP contribution in [0.15, 0.2) is 0 Å². The molecule has 0 aliphatic heterocycles. The molecule has 158 valence electrons.